The maximum absolute atomic E-state index is 11.8. The summed E-state index contributed by atoms with van der Waals surface area (Å²) >= 11 is 5.89. The first-order chi connectivity index (χ1) is 11.1. The normalized spacial score (nSPS) is 8.17. The molecule has 128 valence electrons. The Hall–Kier alpha value is -1.80. The van der Waals surface area contributed by atoms with E-state index in [1.807, 2.05) is 66.7 Å². The smallest absolute Gasteiger partial charge is 0.343 e. The first-order valence-electron chi connectivity index (χ1n) is 8.19. The van der Waals surface area contributed by atoms with Crippen molar-refractivity contribution in [3.05, 3.63) is 64.7 Å². The molecule has 0 unspecified atom stereocenters. The zero-order chi connectivity index (χ0) is 18.3. The average molecular weight is 337 g/mol. The van der Waals surface area contributed by atoms with Crippen molar-refractivity contribution >= 4 is 17.6 Å². The molecule has 0 N–H and O–H groups in total. The van der Waals surface area contributed by atoms with Crippen molar-refractivity contribution in [2.45, 2.75) is 48.5 Å². The molecule has 0 aliphatic rings. The summed E-state index contributed by atoms with van der Waals surface area (Å²) in [7, 11) is 0. The first kappa shape index (κ1) is 23.5. The molecule has 0 saturated heterocycles. The molecule has 2 nitrogen and oxygen atoms in total. The average Bonchev–Trinajstić information content (AvgIpc) is 2.60. The zero-order valence-corrected chi connectivity index (χ0v) is 16.1. The Balaban J connectivity index is 0. The Morgan fingerprint density at radius 1 is 0.870 bits per heavy atom. The Bertz CT molecular complexity index is 516. The summed E-state index contributed by atoms with van der Waals surface area (Å²) in [5.41, 5.74) is 1.39. The molecule has 0 heterocycles. The van der Waals surface area contributed by atoms with Gasteiger partial charge in [-0.1, -0.05) is 71.3 Å². The Morgan fingerprint density at radius 3 is 1.87 bits per heavy atom. The third-order valence-electron chi connectivity index (χ3n) is 2.23. The summed E-state index contributed by atoms with van der Waals surface area (Å²) in [5, 5.41) is 0.532. The number of aryl methyl sites for hydroxylation is 1. The number of hydrogen-bond donors (Lipinski definition) is 0. The van der Waals surface area contributed by atoms with E-state index in [2.05, 4.69) is 0 Å². The van der Waals surface area contributed by atoms with Crippen LogP contribution in [0.3, 0.4) is 0 Å². The van der Waals surface area contributed by atoms with Crippen molar-refractivity contribution in [1.82, 2.24) is 0 Å². The highest BCUT2D eigenvalue weighted by molar-refractivity contribution is 6.31. The second-order valence-corrected chi connectivity index (χ2v) is 4.16. The summed E-state index contributed by atoms with van der Waals surface area (Å²) in [6, 6.07) is 14.1. The monoisotopic (exact) mass is 336 g/mol. The van der Waals surface area contributed by atoms with Crippen molar-refractivity contribution in [2.24, 2.45) is 0 Å². The molecule has 2 aromatic rings. The molecule has 0 atom stereocenters. The third kappa shape index (κ3) is 9.75. The summed E-state index contributed by atoms with van der Waals surface area (Å²) < 4.78 is 5.21. The Morgan fingerprint density at radius 2 is 1.39 bits per heavy atom. The molecule has 23 heavy (non-hydrogen) atoms. The van der Waals surface area contributed by atoms with E-state index in [4.69, 9.17) is 16.3 Å². The van der Waals surface area contributed by atoms with Crippen LogP contribution in [0.15, 0.2) is 48.5 Å². The van der Waals surface area contributed by atoms with Crippen LogP contribution >= 0.6 is 11.6 Å². The molecule has 0 aliphatic carbocycles. The molecule has 2 aromatic carbocycles. The Labute approximate surface area is 146 Å². The maximum Gasteiger partial charge on any atom is 0.343 e. The maximum atomic E-state index is 11.8. The number of halogens is 1. The highest BCUT2D eigenvalue weighted by atomic mass is 35.5. The molecule has 0 aliphatic heterocycles. The van der Waals surface area contributed by atoms with Gasteiger partial charge in [-0.15, -0.1) is 0 Å². The van der Waals surface area contributed by atoms with E-state index in [0.29, 0.717) is 16.3 Å². The largest absolute Gasteiger partial charge is 0.423 e. The fourth-order valence-corrected chi connectivity index (χ4v) is 1.80. The SMILES string of the molecule is CC.CC.CC.Cc1cc(Cl)cc(C(=O)Oc2ccccc2)c1. The van der Waals surface area contributed by atoms with E-state index in [9.17, 15) is 4.79 Å². The topological polar surface area (TPSA) is 26.3 Å². The van der Waals surface area contributed by atoms with Crippen LogP contribution in [0.4, 0.5) is 0 Å². The fraction of sp³-hybridized carbons (Fsp3) is 0.350. The van der Waals surface area contributed by atoms with E-state index >= 15 is 0 Å². The lowest BCUT2D eigenvalue weighted by Gasteiger charge is -2.05. The molecule has 0 aromatic heterocycles. The summed E-state index contributed by atoms with van der Waals surface area (Å²) in [6.45, 7) is 13.9. The van der Waals surface area contributed by atoms with Crippen LogP contribution in [0, 0.1) is 6.92 Å². The number of benzene rings is 2. The zero-order valence-electron chi connectivity index (χ0n) is 15.3. The van der Waals surface area contributed by atoms with Crippen LogP contribution in [-0.4, -0.2) is 5.97 Å². The van der Waals surface area contributed by atoms with Crippen molar-refractivity contribution in [2.75, 3.05) is 0 Å². The van der Waals surface area contributed by atoms with E-state index < -0.39 is 5.97 Å². The molecular weight excluding hydrogens is 308 g/mol. The minimum Gasteiger partial charge on any atom is -0.423 e. The highest BCUT2D eigenvalue weighted by Crippen LogP contribution is 2.17. The van der Waals surface area contributed by atoms with Gasteiger partial charge in [-0.3, -0.25) is 0 Å². The van der Waals surface area contributed by atoms with E-state index in [1.165, 1.54) is 0 Å². The number of esters is 1. The van der Waals surface area contributed by atoms with Crippen molar-refractivity contribution < 1.29 is 9.53 Å². The number of hydrogen-bond acceptors (Lipinski definition) is 2. The van der Waals surface area contributed by atoms with Gasteiger partial charge in [0, 0.05) is 5.02 Å². The van der Waals surface area contributed by atoms with Gasteiger partial charge in [0.1, 0.15) is 5.75 Å². The minimum absolute atomic E-state index is 0.401. The van der Waals surface area contributed by atoms with Crippen molar-refractivity contribution in [3.63, 3.8) is 0 Å². The lowest BCUT2D eigenvalue weighted by molar-refractivity contribution is 0.0734. The van der Waals surface area contributed by atoms with Crippen LogP contribution < -0.4 is 4.74 Å². The molecule has 0 fully saturated rings. The quantitative estimate of drug-likeness (QED) is 0.438. The van der Waals surface area contributed by atoms with Gasteiger partial charge < -0.3 is 4.74 Å². The van der Waals surface area contributed by atoms with E-state index in [1.54, 1.807) is 30.3 Å². The predicted molar refractivity (Wildman–Crippen MR) is 102 cm³/mol. The van der Waals surface area contributed by atoms with E-state index in [0.717, 1.165) is 5.56 Å². The number of para-hydroxylation sites is 1. The lowest BCUT2D eigenvalue weighted by Crippen LogP contribution is -2.08. The molecule has 0 amide bonds. The number of carbonyl (C=O) groups is 1. The second kappa shape index (κ2) is 15.1. The van der Waals surface area contributed by atoms with Gasteiger partial charge in [0.05, 0.1) is 5.56 Å². The number of rotatable bonds is 2. The van der Waals surface area contributed by atoms with Gasteiger partial charge >= 0.3 is 5.97 Å². The first-order valence-corrected chi connectivity index (χ1v) is 8.57. The van der Waals surface area contributed by atoms with Gasteiger partial charge in [0.2, 0.25) is 0 Å². The summed E-state index contributed by atoms with van der Waals surface area (Å²) in [4.78, 5) is 11.8. The van der Waals surface area contributed by atoms with Gasteiger partial charge in [-0.25, -0.2) is 4.79 Å². The summed E-state index contributed by atoms with van der Waals surface area (Å²) in [5.74, 6) is 0.122. The molecule has 2 rings (SSSR count). The minimum atomic E-state index is -0.401. The molecular formula is C20H29ClO2. The Kier molecular flexibility index (Phi) is 15.4. The molecule has 0 bridgehead atoms. The molecule has 0 radical (unpaired) electrons. The lowest BCUT2D eigenvalue weighted by atomic mass is 10.1. The third-order valence-corrected chi connectivity index (χ3v) is 2.45. The van der Waals surface area contributed by atoms with Gasteiger partial charge in [-0.2, -0.15) is 0 Å². The molecule has 0 saturated carbocycles. The van der Waals surface area contributed by atoms with Crippen LogP contribution in [-0.2, 0) is 0 Å². The molecule has 3 heteroatoms. The van der Waals surface area contributed by atoms with Crippen molar-refractivity contribution in [1.29, 1.82) is 0 Å². The molecule has 0 spiro atoms. The van der Waals surface area contributed by atoms with Crippen LogP contribution in [0.5, 0.6) is 5.75 Å². The van der Waals surface area contributed by atoms with Gasteiger partial charge in [0.25, 0.3) is 0 Å². The van der Waals surface area contributed by atoms with Crippen LogP contribution in [0.25, 0.3) is 0 Å². The van der Waals surface area contributed by atoms with Crippen LogP contribution in [0.2, 0.25) is 5.02 Å². The van der Waals surface area contributed by atoms with Gasteiger partial charge in [-0.05, 0) is 42.8 Å². The van der Waals surface area contributed by atoms with Crippen LogP contribution in [0.1, 0.15) is 57.5 Å². The number of ether oxygens (including phenoxy) is 1. The fourth-order valence-electron chi connectivity index (χ4n) is 1.51. The van der Waals surface area contributed by atoms with Crippen molar-refractivity contribution in [3.8, 4) is 5.75 Å². The van der Waals surface area contributed by atoms with E-state index in [-0.39, 0.29) is 0 Å². The predicted octanol–water partition coefficient (Wildman–Crippen LogP) is 6.95. The second-order valence-electron chi connectivity index (χ2n) is 3.72. The number of carbonyl (C=O) groups excluding carboxylic acids is 1. The van der Waals surface area contributed by atoms with Gasteiger partial charge in [0.15, 0.2) is 0 Å². The summed E-state index contributed by atoms with van der Waals surface area (Å²) in [6.07, 6.45) is 0. The highest BCUT2D eigenvalue weighted by Gasteiger charge is 2.09. The standard InChI is InChI=1S/C14H11ClO2.3C2H6/c1-10-7-11(9-12(15)8-10)14(16)17-13-5-3-2-4-6-13;3*1-2/h2-9H,1H3;3*1-2H3.